The molecule has 2 rings (SSSR count). The molecule has 4 heteroatoms. The molecule has 0 spiro atoms. The van der Waals surface area contributed by atoms with E-state index in [-0.39, 0.29) is 0 Å². The Hall–Kier alpha value is -0.0900. The number of methoxy groups -OCH3 is 1. The summed E-state index contributed by atoms with van der Waals surface area (Å²) in [5.41, 5.74) is 1.25. The molecule has 1 aromatic rings. The fraction of sp³-hybridized carbons (Fsp3) is 0.538. The van der Waals surface area contributed by atoms with Crippen molar-refractivity contribution in [1.82, 2.24) is 5.32 Å². The summed E-state index contributed by atoms with van der Waals surface area (Å²) in [6.45, 7) is 0.874. The van der Waals surface area contributed by atoms with Crippen molar-refractivity contribution in [2.24, 2.45) is 0 Å². The van der Waals surface area contributed by atoms with Crippen LogP contribution >= 0.6 is 27.5 Å². The molecule has 0 radical (unpaired) electrons. The minimum absolute atomic E-state index is 0.432. The van der Waals surface area contributed by atoms with E-state index in [9.17, 15) is 0 Å². The molecule has 1 fully saturated rings. The van der Waals surface area contributed by atoms with Crippen LogP contribution in [0.3, 0.4) is 0 Å². The van der Waals surface area contributed by atoms with Crippen molar-refractivity contribution in [3.63, 3.8) is 0 Å². The normalized spacial score (nSPS) is 24.2. The molecule has 2 atom stereocenters. The second kappa shape index (κ2) is 6.19. The highest BCUT2D eigenvalue weighted by molar-refractivity contribution is 9.10. The monoisotopic (exact) mass is 317 g/mol. The average Bonchev–Trinajstić information content (AvgIpc) is 2.76. The first-order valence-electron chi connectivity index (χ1n) is 5.89. The molecule has 0 aromatic heterocycles. The molecule has 1 saturated carbocycles. The van der Waals surface area contributed by atoms with Gasteiger partial charge < -0.3 is 10.1 Å². The zero-order valence-electron chi connectivity index (χ0n) is 9.88. The molecule has 0 aliphatic heterocycles. The van der Waals surface area contributed by atoms with Crippen molar-refractivity contribution in [3.05, 3.63) is 33.3 Å². The summed E-state index contributed by atoms with van der Waals surface area (Å²) >= 11 is 9.45. The van der Waals surface area contributed by atoms with Gasteiger partial charge in [-0.1, -0.05) is 33.6 Å². The van der Waals surface area contributed by atoms with Gasteiger partial charge in [0.1, 0.15) is 0 Å². The Morgan fingerprint density at radius 3 is 2.94 bits per heavy atom. The van der Waals surface area contributed by atoms with Gasteiger partial charge in [-0.15, -0.1) is 0 Å². The van der Waals surface area contributed by atoms with Crippen LogP contribution in [0.1, 0.15) is 24.8 Å². The predicted molar refractivity (Wildman–Crippen MR) is 74.4 cm³/mol. The lowest BCUT2D eigenvalue weighted by Gasteiger charge is -2.13. The smallest absolute Gasteiger partial charge is 0.0586 e. The fourth-order valence-electron chi connectivity index (χ4n) is 2.26. The number of nitrogens with one attached hydrogen (secondary N) is 1. The third kappa shape index (κ3) is 3.68. The molecule has 0 heterocycles. The van der Waals surface area contributed by atoms with Gasteiger partial charge in [-0.25, -0.2) is 0 Å². The van der Waals surface area contributed by atoms with Gasteiger partial charge in [0, 0.05) is 29.2 Å². The molecule has 0 bridgehead atoms. The van der Waals surface area contributed by atoms with E-state index in [1.807, 2.05) is 12.1 Å². The SMILES string of the molecule is COC1CCC(NCc2ccc(Cl)cc2Br)C1. The number of ether oxygens (including phenoxy) is 1. The van der Waals surface area contributed by atoms with E-state index >= 15 is 0 Å². The van der Waals surface area contributed by atoms with Crippen molar-refractivity contribution in [1.29, 1.82) is 0 Å². The third-order valence-electron chi connectivity index (χ3n) is 3.31. The summed E-state index contributed by atoms with van der Waals surface area (Å²) in [4.78, 5) is 0. The van der Waals surface area contributed by atoms with Crippen LogP contribution in [-0.4, -0.2) is 19.3 Å². The summed E-state index contributed by atoms with van der Waals surface area (Å²) in [6.07, 6.45) is 3.91. The van der Waals surface area contributed by atoms with Crippen LogP contribution in [0, 0.1) is 0 Å². The number of hydrogen-bond acceptors (Lipinski definition) is 2. The van der Waals surface area contributed by atoms with E-state index in [2.05, 4.69) is 27.3 Å². The molecule has 17 heavy (non-hydrogen) atoms. The van der Waals surface area contributed by atoms with Gasteiger partial charge in [-0.2, -0.15) is 0 Å². The third-order valence-corrected chi connectivity index (χ3v) is 4.29. The molecular formula is C13H17BrClNO. The first kappa shape index (κ1) is 13.3. The van der Waals surface area contributed by atoms with Gasteiger partial charge in [0.05, 0.1) is 6.10 Å². The van der Waals surface area contributed by atoms with Crippen LogP contribution < -0.4 is 5.32 Å². The Kier molecular flexibility index (Phi) is 4.86. The van der Waals surface area contributed by atoms with Crippen molar-refractivity contribution >= 4 is 27.5 Å². The Morgan fingerprint density at radius 2 is 2.29 bits per heavy atom. The summed E-state index contributed by atoms with van der Waals surface area (Å²) in [5.74, 6) is 0. The van der Waals surface area contributed by atoms with Gasteiger partial charge in [-0.05, 0) is 37.0 Å². The Bertz CT molecular complexity index is 386. The van der Waals surface area contributed by atoms with E-state index in [4.69, 9.17) is 16.3 Å². The van der Waals surface area contributed by atoms with Crippen LogP contribution in [0.5, 0.6) is 0 Å². The molecule has 2 nitrogen and oxygen atoms in total. The lowest BCUT2D eigenvalue weighted by Crippen LogP contribution is -2.26. The Balaban J connectivity index is 1.86. The van der Waals surface area contributed by atoms with Crippen LogP contribution in [-0.2, 0) is 11.3 Å². The number of halogens is 2. The van der Waals surface area contributed by atoms with E-state index in [0.717, 1.165) is 28.9 Å². The van der Waals surface area contributed by atoms with E-state index in [1.54, 1.807) is 7.11 Å². The Morgan fingerprint density at radius 1 is 1.47 bits per heavy atom. The van der Waals surface area contributed by atoms with Gasteiger partial charge in [0.25, 0.3) is 0 Å². The summed E-state index contributed by atoms with van der Waals surface area (Å²) < 4.78 is 6.43. The molecule has 2 unspecified atom stereocenters. The quantitative estimate of drug-likeness (QED) is 0.912. The van der Waals surface area contributed by atoms with Crippen molar-refractivity contribution < 1.29 is 4.74 Å². The van der Waals surface area contributed by atoms with Crippen LogP contribution in [0.15, 0.2) is 22.7 Å². The maximum atomic E-state index is 5.92. The summed E-state index contributed by atoms with van der Waals surface area (Å²) in [7, 11) is 1.79. The van der Waals surface area contributed by atoms with E-state index in [0.29, 0.717) is 12.1 Å². The first-order chi connectivity index (χ1) is 8.19. The molecule has 94 valence electrons. The average molecular weight is 319 g/mol. The predicted octanol–water partition coefficient (Wildman–Crippen LogP) is 3.76. The van der Waals surface area contributed by atoms with Crippen molar-refractivity contribution in [2.75, 3.05) is 7.11 Å². The lowest BCUT2D eigenvalue weighted by molar-refractivity contribution is 0.107. The summed E-state index contributed by atoms with van der Waals surface area (Å²) in [5, 5.41) is 4.33. The fourth-order valence-corrected chi connectivity index (χ4v) is 3.08. The highest BCUT2D eigenvalue weighted by Crippen LogP contribution is 2.24. The first-order valence-corrected chi connectivity index (χ1v) is 7.06. The minimum Gasteiger partial charge on any atom is -0.381 e. The highest BCUT2D eigenvalue weighted by Gasteiger charge is 2.23. The van der Waals surface area contributed by atoms with Gasteiger partial charge in [0.15, 0.2) is 0 Å². The molecule has 1 aliphatic carbocycles. The lowest BCUT2D eigenvalue weighted by atomic mass is 10.2. The number of rotatable bonds is 4. The highest BCUT2D eigenvalue weighted by atomic mass is 79.9. The molecule has 1 aliphatic rings. The largest absolute Gasteiger partial charge is 0.381 e. The maximum Gasteiger partial charge on any atom is 0.0586 e. The molecule has 1 aromatic carbocycles. The van der Waals surface area contributed by atoms with Gasteiger partial charge >= 0.3 is 0 Å². The zero-order chi connectivity index (χ0) is 12.3. The van der Waals surface area contributed by atoms with Crippen molar-refractivity contribution in [3.8, 4) is 0 Å². The van der Waals surface area contributed by atoms with Crippen LogP contribution in [0.2, 0.25) is 5.02 Å². The zero-order valence-corrected chi connectivity index (χ0v) is 12.2. The van der Waals surface area contributed by atoms with Crippen LogP contribution in [0.25, 0.3) is 0 Å². The molecule has 1 N–H and O–H groups in total. The molecule has 0 amide bonds. The van der Waals surface area contributed by atoms with Crippen LogP contribution in [0.4, 0.5) is 0 Å². The topological polar surface area (TPSA) is 21.3 Å². The summed E-state index contributed by atoms with van der Waals surface area (Å²) in [6, 6.07) is 6.49. The standard InChI is InChI=1S/C13H17BrClNO/c1-17-12-5-4-11(7-12)16-8-9-2-3-10(15)6-13(9)14/h2-3,6,11-12,16H,4-5,7-8H2,1H3. The number of hydrogen-bond donors (Lipinski definition) is 1. The van der Waals surface area contributed by atoms with Gasteiger partial charge in [-0.3, -0.25) is 0 Å². The second-order valence-corrected chi connectivity index (χ2v) is 5.78. The van der Waals surface area contributed by atoms with E-state index < -0.39 is 0 Å². The maximum absolute atomic E-state index is 5.92. The second-order valence-electron chi connectivity index (χ2n) is 4.48. The molecule has 0 saturated heterocycles. The minimum atomic E-state index is 0.432. The van der Waals surface area contributed by atoms with E-state index in [1.165, 1.54) is 12.0 Å². The Labute approximate surface area is 116 Å². The number of benzene rings is 1. The molecular weight excluding hydrogens is 302 g/mol. The van der Waals surface area contributed by atoms with Gasteiger partial charge in [0.2, 0.25) is 0 Å². The van der Waals surface area contributed by atoms with Crippen molar-refractivity contribution in [2.45, 2.75) is 38.0 Å².